The van der Waals surface area contributed by atoms with Crippen molar-refractivity contribution in [3.63, 3.8) is 0 Å². The van der Waals surface area contributed by atoms with Crippen molar-refractivity contribution in [2.75, 3.05) is 5.32 Å². The molecule has 200 valence electrons. The second-order valence-electron chi connectivity index (χ2n) is 9.75. The number of fused-ring (bicyclic) bond motifs is 1. The second kappa shape index (κ2) is 10.4. The maximum atomic E-state index is 14.8. The van der Waals surface area contributed by atoms with Gasteiger partial charge in [-0.05, 0) is 78.6 Å². The molecule has 1 aliphatic carbocycles. The maximum absolute atomic E-state index is 14.8. The van der Waals surface area contributed by atoms with Gasteiger partial charge in [-0.1, -0.05) is 18.2 Å². The van der Waals surface area contributed by atoms with Crippen LogP contribution in [0.3, 0.4) is 0 Å². The van der Waals surface area contributed by atoms with Gasteiger partial charge in [-0.2, -0.15) is 0 Å². The summed E-state index contributed by atoms with van der Waals surface area (Å²) < 4.78 is 19.0. The summed E-state index contributed by atoms with van der Waals surface area (Å²) in [6.07, 6.45) is 3.92. The van der Waals surface area contributed by atoms with Gasteiger partial charge < -0.3 is 5.32 Å². The standard InChI is InChI=1S/C29H26FIN4O4/c1-4-12-34-28(38)24-25(16(2)27(37)33(3)26(24)32-22-11-10-19(31)15-21(22)30)35(29(34)39)20-7-5-6-18(14-20)23(36)13-17-8-9-17/h4-7,10-11,14-15,17,32H,1,8-9,12-13H2,2-3H3. The maximum Gasteiger partial charge on any atom is 0.336 e. The van der Waals surface area contributed by atoms with E-state index in [9.17, 15) is 23.6 Å². The van der Waals surface area contributed by atoms with Gasteiger partial charge in [-0.3, -0.25) is 28.1 Å². The fourth-order valence-corrected chi connectivity index (χ4v) is 5.21. The molecule has 2 aromatic carbocycles. The van der Waals surface area contributed by atoms with E-state index >= 15 is 0 Å². The molecule has 0 radical (unpaired) electrons. The third kappa shape index (κ3) is 4.88. The number of nitrogens with one attached hydrogen (secondary N) is 1. The Morgan fingerprint density at radius 3 is 2.56 bits per heavy atom. The van der Waals surface area contributed by atoms with Gasteiger partial charge in [0.1, 0.15) is 17.0 Å². The van der Waals surface area contributed by atoms with E-state index in [2.05, 4.69) is 11.9 Å². The highest BCUT2D eigenvalue weighted by molar-refractivity contribution is 14.1. The highest BCUT2D eigenvalue weighted by atomic mass is 127. The fourth-order valence-electron chi connectivity index (χ4n) is 4.76. The summed E-state index contributed by atoms with van der Waals surface area (Å²) in [5, 5.41) is 2.95. The lowest BCUT2D eigenvalue weighted by molar-refractivity contribution is 0.0976. The van der Waals surface area contributed by atoms with Crippen LogP contribution in [0.25, 0.3) is 16.6 Å². The first-order valence-electron chi connectivity index (χ1n) is 12.5. The van der Waals surface area contributed by atoms with Crippen molar-refractivity contribution in [2.24, 2.45) is 13.0 Å². The number of aryl methyl sites for hydroxylation is 1. The van der Waals surface area contributed by atoms with Crippen molar-refractivity contribution >= 4 is 50.8 Å². The summed E-state index contributed by atoms with van der Waals surface area (Å²) in [4.78, 5) is 53.8. The van der Waals surface area contributed by atoms with Crippen LogP contribution in [-0.4, -0.2) is 19.5 Å². The van der Waals surface area contributed by atoms with Crippen LogP contribution in [0.15, 0.2) is 69.5 Å². The Hall–Kier alpha value is -3.80. The molecular weight excluding hydrogens is 614 g/mol. The summed E-state index contributed by atoms with van der Waals surface area (Å²) in [7, 11) is 1.48. The highest BCUT2D eigenvalue weighted by Crippen LogP contribution is 2.34. The number of hydrogen-bond donors (Lipinski definition) is 1. The predicted octanol–water partition coefficient (Wildman–Crippen LogP) is 4.82. The van der Waals surface area contributed by atoms with E-state index in [0.29, 0.717) is 27.2 Å². The topological polar surface area (TPSA) is 95.1 Å². The van der Waals surface area contributed by atoms with Gasteiger partial charge >= 0.3 is 5.69 Å². The summed E-state index contributed by atoms with van der Waals surface area (Å²) in [6, 6.07) is 11.2. The number of nitrogens with zero attached hydrogens (tertiary/aromatic N) is 3. The van der Waals surface area contributed by atoms with E-state index < -0.39 is 22.6 Å². The summed E-state index contributed by atoms with van der Waals surface area (Å²) in [5.74, 6) is -0.164. The van der Waals surface area contributed by atoms with Crippen molar-refractivity contribution in [2.45, 2.75) is 32.7 Å². The molecule has 2 heterocycles. The molecule has 1 N–H and O–H groups in total. The van der Waals surface area contributed by atoms with Gasteiger partial charge in [0.2, 0.25) is 0 Å². The first kappa shape index (κ1) is 26.8. The SMILES string of the molecule is C=CCn1c(=O)c2c(Nc3ccc(I)cc3F)n(C)c(=O)c(C)c2n(-c2cccc(C(=O)CC3CC3)c2)c1=O. The molecular formula is C29H26FIN4O4. The number of allylic oxidation sites excluding steroid dienone is 1. The highest BCUT2D eigenvalue weighted by Gasteiger charge is 2.26. The third-order valence-electron chi connectivity index (χ3n) is 6.99. The molecule has 10 heteroatoms. The number of pyridine rings is 1. The molecule has 0 atom stereocenters. The molecule has 0 unspecified atom stereocenters. The Morgan fingerprint density at radius 1 is 1.15 bits per heavy atom. The van der Waals surface area contributed by atoms with Crippen LogP contribution >= 0.6 is 22.6 Å². The van der Waals surface area contributed by atoms with E-state index in [1.807, 2.05) is 22.6 Å². The van der Waals surface area contributed by atoms with Crippen molar-refractivity contribution < 1.29 is 9.18 Å². The van der Waals surface area contributed by atoms with Crippen molar-refractivity contribution in [3.8, 4) is 5.69 Å². The van der Waals surface area contributed by atoms with Crippen LogP contribution in [0, 0.1) is 22.2 Å². The van der Waals surface area contributed by atoms with Crippen LogP contribution in [0.2, 0.25) is 0 Å². The van der Waals surface area contributed by atoms with Gasteiger partial charge in [0, 0.05) is 34.7 Å². The van der Waals surface area contributed by atoms with Gasteiger partial charge in [0.05, 0.1) is 16.9 Å². The lowest BCUT2D eigenvalue weighted by atomic mass is 10.0. The molecule has 8 nitrogen and oxygen atoms in total. The minimum Gasteiger partial charge on any atom is -0.338 e. The zero-order chi connectivity index (χ0) is 28.0. The van der Waals surface area contributed by atoms with E-state index in [0.717, 1.165) is 17.4 Å². The molecule has 1 fully saturated rings. The first-order valence-corrected chi connectivity index (χ1v) is 13.6. The lowest BCUT2D eigenvalue weighted by Gasteiger charge is -2.20. The Labute approximate surface area is 236 Å². The van der Waals surface area contributed by atoms with Crippen LogP contribution < -0.4 is 22.1 Å². The number of halogens is 2. The average molecular weight is 640 g/mol. The predicted molar refractivity (Wildman–Crippen MR) is 158 cm³/mol. The monoisotopic (exact) mass is 640 g/mol. The van der Waals surface area contributed by atoms with Crippen molar-refractivity contribution in [1.82, 2.24) is 13.7 Å². The third-order valence-corrected chi connectivity index (χ3v) is 7.66. The van der Waals surface area contributed by atoms with Gasteiger partial charge in [0.15, 0.2) is 5.78 Å². The van der Waals surface area contributed by atoms with Crippen LogP contribution in [-0.2, 0) is 13.6 Å². The number of ketones is 1. The van der Waals surface area contributed by atoms with E-state index in [4.69, 9.17) is 0 Å². The number of hydrogen-bond acceptors (Lipinski definition) is 5. The fraction of sp³-hybridized carbons (Fsp3) is 0.241. The first-order chi connectivity index (χ1) is 18.6. The largest absolute Gasteiger partial charge is 0.338 e. The average Bonchev–Trinajstić information content (AvgIpc) is 3.73. The summed E-state index contributed by atoms with van der Waals surface area (Å²) >= 11 is 1.99. The molecule has 1 aliphatic rings. The van der Waals surface area contributed by atoms with E-state index in [1.165, 1.54) is 41.3 Å². The minimum atomic E-state index is -0.679. The number of aromatic nitrogens is 3. The number of rotatable bonds is 8. The number of Topliss-reactive ketones (excluding diaryl/α,β-unsaturated/α-hetero) is 1. The molecule has 39 heavy (non-hydrogen) atoms. The van der Waals surface area contributed by atoms with Gasteiger partial charge in [0.25, 0.3) is 11.1 Å². The molecule has 0 saturated heterocycles. The molecule has 0 bridgehead atoms. The quantitative estimate of drug-likeness (QED) is 0.170. The zero-order valence-corrected chi connectivity index (χ0v) is 23.6. The molecule has 1 saturated carbocycles. The minimum absolute atomic E-state index is 0.0275. The molecule has 5 rings (SSSR count). The number of carbonyl (C=O) groups is 1. The van der Waals surface area contributed by atoms with E-state index in [-0.39, 0.29) is 40.3 Å². The Balaban J connectivity index is 1.85. The molecule has 2 aromatic heterocycles. The number of benzene rings is 2. The van der Waals surface area contributed by atoms with Crippen molar-refractivity contribution in [3.05, 3.63) is 107 Å². The molecule has 0 amide bonds. The lowest BCUT2D eigenvalue weighted by Crippen LogP contribution is -2.41. The van der Waals surface area contributed by atoms with Gasteiger partial charge in [-0.15, -0.1) is 6.58 Å². The van der Waals surface area contributed by atoms with Gasteiger partial charge in [-0.25, -0.2) is 9.18 Å². The number of anilines is 2. The second-order valence-corrected chi connectivity index (χ2v) is 11.0. The molecule has 4 aromatic rings. The Kier molecular flexibility index (Phi) is 7.15. The summed E-state index contributed by atoms with van der Waals surface area (Å²) in [6.45, 7) is 5.12. The van der Waals surface area contributed by atoms with Crippen LogP contribution in [0.4, 0.5) is 15.9 Å². The van der Waals surface area contributed by atoms with Crippen molar-refractivity contribution in [1.29, 1.82) is 0 Å². The summed E-state index contributed by atoms with van der Waals surface area (Å²) in [5.41, 5.74) is -0.693. The number of carbonyl (C=O) groups excluding carboxylic acids is 1. The van der Waals surface area contributed by atoms with Crippen LogP contribution in [0.1, 0.15) is 35.2 Å². The molecule has 0 spiro atoms. The zero-order valence-electron chi connectivity index (χ0n) is 21.5. The Morgan fingerprint density at radius 2 is 1.90 bits per heavy atom. The molecule has 0 aliphatic heterocycles. The van der Waals surface area contributed by atoms with E-state index in [1.54, 1.807) is 30.3 Å². The Bertz CT molecular complexity index is 1850. The smallest absolute Gasteiger partial charge is 0.336 e. The van der Waals surface area contributed by atoms with Crippen LogP contribution in [0.5, 0.6) is 0 Å². The normalized spacial score (nSPS) is 13.0.